The van der Waals surface area contributed by atoms with Crippen LogP contribution in [0.15, 0.2) is 18.2 Å². The highest BCUT2D eigenvalue weighted by Crippen LogP contribution is 2.24. The molecule has 0 spiro atoms. The number of carbonyl (C=O) groups is 1. The Morgan fingerprint density at radius 3 is 3.00 bits per heavy atom. The number of aryl methyl sites for hydroxylation is 2. The number of carbonyl (C=O) groups excluding carboxylic acids is 1. The number of thiazole rings is 1. The summed E-state index contributed by atoms with van der Waals surface area (Å²) in [5.41, 5.74) is 3.07. The molecule has 1 fully saturated rings. The molecule has 1 atom stereocenters. The molecule has 3 rings (SSSR count). The summed E-state index contributed by atoms with van der Waals surface area (Å²) in [5.74, 6) is 0.799. The van der Waals surface area contributed by atoms with Gasteiger partial charge in [0.05, 0.1) is 19.6 Å². The van der Waals surface area contributed by atoms with E-state index in [4.69, 9.17) is 21.7 Å². The Morgan fingerprint density at radius 2 is 2.32 bits per heavy atom. The quantitative estimate of drug-likeness (QED) is 0.756. The van der Waals surface area contributed by atoms with Crippen molar-refractivity contribution in [2.45, 2.75) is 39.3 Å². The number of aromatic nitrogens is 1. The second kappa shape index (κ2) is 8.12. The van der Waals surface area contributed by atoms with Gasteiger partial charge in [-0.1, -0.05) is 12.1 Å². The average Bonchev–Trinajstić information content (AvgIpc) is 3.16. The Bertz CT molecular complexity index is 807. The highest BCUT2D eigenvalue weighted by molar-refractivity contribution is 7.73. The predicted molar refractivity (Wildman–Crippen MR) is 101 cm³/mol. The van der Waals surface area contributed by atoms with Gasteiger partial charge in [-0.15, -0.1) is 11.3 Å². The van der Waals surface area contributed by atoms with E-state index in [9.17, 15) is 4.79 Å². The van der Waals surface area contributed by atoms with Crippen molar-refractivity contribution in [2.75, 3.05) is 13.2 Å². The van der Waals surface area contributed by atoms with Gasteiger partial charge in [-0.3, -0.25) is 4.79 Å². The Morgan fingerprint density at radius 1 is 1.48 bits per heavy atom. The van der Waals surface area contributed by atoms with Crippen LogP contribution in [0.25, 0.3) is 0 Å². The fraction of sp³-hybridized carbons (Fsp3) is 0.444. The van der Waals surface area contributed by atoms with Crippen molar-refractivity contribution in [3.63, 3.8) is 0 Å². The average molecular weight is 379 g/mol. The zero-order valence-corrected chi connectivity index (χ0v) is 16.0. The number of aromatic amines is 1. The van der Waals surface area contributed by atoms with Crippen LogP contribution in [-0.4, -0.2) is 30.2 Å². The maximum Gasteiger partial charge on any atom is 0.225 e. The molecule has 2 heterocycles. The number of H-pyrrole nitrogens is 1. The summed E-state index contributed by atoms with van der Waals surface area (Å²) in [6.45, 7) is 5.77. The predicted octanol–water partition coefficient (Wildman–Crippen LogP) is 3.45. The Kier molecular flexibility index (Phi) is 5.88. The van der Waals surface area contributed by atoms with Gasteiger partial charge in [0.2, 0.25) is 5.91 Å². The van der Waals surface area contributed by atoms with Crippen LogP contribution in [0.1, 0.15) is 28.1 Å². The Balaban J connectivity index is 1.62. The fourth-order valence-corrected chi connectivity index (χ4v) is 4.00. The van der Waals surface area contributed by atoms with Gasteiger partial charge < -0.3 is 19.8 Å². The Labute approximate surface area is 156 Å². The molecule has 5 nitrogen and oxygen atoms in total. The molecule has 1 saturated heterocycles. The number of benzene rings is 1. The van der Waals surface area contributed by atoms with E-state index in [1.807, 2.05) is 32.0 Å². The molecular formula is C18H22N2O3S2. The molecule has 25 heavy (non-hydrogen) atoms. The second-order valence-electron chi connectivity index (χ2n) is 6.23. The minimum atomic E-state index is -0.0240. The first-order valence-corrected chi connectivity index (χ1v) is 9.53. The minimum Gasteiger partial charge on any atom is -0.488 e. The largest absolute Gasteiger partial charge is 0.488 e. The van der Waals surface area contributed by atoms with Crippen LogP contribution < -0.4 is 10.1 Å². The van der Waals surface area contributed by atoms with Gasteiger partial charge in [-0.2, -0.15) is 0 Å². The molecule has 0 radical (unpaired) electrons. The first kappa shape index (κ1) is 18.1. The number of hydrogen-bond donors (Lipinski definition) is 2. The highest BCUT2D eigenvalue weighted by atomic mass is 32.1. The lowest BCUT2D eigenvalue weighted by Gasteiger charge is -2.16. The van der Waals surface area contributed by atoms with Crippen LogP contribution in [0, 0.1) is 17.8 Å². The maximum atomic E-state index is 12.3. The third kappa shape index (κ3) is 4.90. The van der Waals surface area contributed by atoms with Crippen molar-refractivity contribution in [1.82, 2.24) is 10.3 Å². The van der Waals surface area contributed by atoms with E-state index in [1.165, 1.54) is 11.3 Å². The first-order valence-electron chi connectivity index (χ1n) is 8.30. The molecule has 0 aliphatic carbocycles. The summed E-state index contributed by atoms with van der Waals surface area (Å²) >= 11 is 6.57. The van der Waals surface area contributed by atoms with Gasteiger partial charge in [-0.05, 0) is 37.7 Å². The number of rotatable bonds is 6. The minimum absolute atomic E-state index is 0.0240. The lowest BCUT2D eigenvalue weighted by molar-refractivity contribution is -0.120. The fourth-order valence-electron chi connectivity index (χ4n) is 2.71. The van der Waals surface area contributed by atoms with Gasteiger partial charge in [0.1, 0.15) is 11.9 Å². The number of nitrogens with one attached hydrogen (secondary N) is 2. The van der Waals surface area contributed by atoms with Crippen LogP contribution >= 0.6 is 23.6 Å². The second-order valence-corrected chi connectivity index (χ2v) is 8.00. The topological polar surface area (TPSA) is 63.4 Å². The van der Waals surface area contributed by atoms with E-state index in [0.29, 0.717) is 23.5 Å². The summed E-state index contributed by atoms with van der Waals surface area (Å²) in [6, 6.07) is 6.05. The lowest BCUT2D eigenvalue weighted by atomic mass is 10.1. The molecule has 1 unspecified atom stereocenters. The zero-order valence-electron chi connectivity index (χ0n) is 14.4. The third-order valence-corrected chi connectivity index (χ3v) is 5.46. The van der Waals surface area contributed by atoms with Crippen molar-refractivity contribution in [3.8, 4) is 5.75 Å². The summed E-state index contributed by atoms with van der Waals surface area (Å²) < 4.78 is 12.1. The van der Waals surface area contributed by atoms with Crippen LogP contribution in [0.2, 0.25) is 0 Å². The molecular weight excluding hydrogens is 356 g/mol. The normalized spacial score (nSPS) is 16.8. The number of ether oxygens (including phenoxy) is 2. The zero-order chi connectivity index (χ0) is 17.8. The molecule has 1 aromatic carbocycles. The highest BCUT2D eigenvalue weighted by Gasteiger charge is 2.19. The van der Waals surface area contributed by atoms with Crippen LogP contribution in [-0.2, 0) is 22.5 Å². The van der Waals surface area contributed by atoms with Crippen molar-refractivity contribution in [1.29, 1.82) is 0 Å². The molecule has 1 aromatic heterocycles. The van der Waals surface area contributed by atoms with Gasteiger partial charge in [0.15, 0.2) is 3.95 Å². The van der Waals surface area contributed by atoms with Crippen molar-refractivity contribution >= 4 is 29.5 Å². The lowest BCUT2D eigenvalue weighted by Crippen LogP contribution is -2.25. The summed E-state index contributed by atoms with van der Waals surface area (Å²) in [5, 5.41) is 2.98. The van der Waals surface area contributed by atoms with Crippen LogP contribution in [0.3, 0.4) is 0 Å². The van der Waals surface area contributed by atoms with Crippen molar-refractivity contribution in [3.05, 3.63) is 43.9 Å². The molecule has 0 saturated carbocycles. The van der Waals surface area contributed by atoms with E-state index < -0.39 is 0 Å². The van der Waals surface area contributed by atoms with Crippen LogP contribution in [0.5, 0.6) is 5.75 Å². The van der Waals surface area contributed by atoms with Crippen molar-refractivity contribution < 1.29 is 14.3 Å². The van der Waals surface area contributed by atoms with E-state index in [0.717, 1.165) is 40.5 Å². The van der Waals surface area contributed by atoms with Gasteiger partial charge in [0.25, 0.3) is 0 Å². The summed E-state index contributed by atoms with van der Waals surface area (Å²) in [7, 11) is 0. The van der Waals surface area contributed by atoms with E-state index >= 15 is 0 Å². The maximum absolute atomic E-state index is 12.3. The van der Waals surface area contributed by atoms with E-state index in [1.54, 1.807) is 0 Å². The molecule has 7 heteroatoms. The molecule has 134 valence electrons. The molecule has 1 aliphatic heterocycles. The van der Waals surface area contributed by atoms with Crippen molar-refractivity contribution in [2.24, 2.45) is 0 Å². The van der Waals surface area contributed by atoms with Crippen LogP contribution in [0.4, 0.5) is 0 Å². The molecule has 1 aliphatic rings. The monoisotopic (exact) mass is 378 g/mol. The standard InChI is InChI=1S/C18H22N2O3S2/c1-11-3-4-13(15(7-11)23-14-5-6-22-10-14)9-19-17(21)8-16-12(2)20-18(24)25-16/h3-4,7,14H,5-6,8-10H2,1-2H3,(H,19,21)(H,20,24). The van der Waals surface area contributed by atoms with Gasteiger partial charge >= 0.3 is 0 Å². The van der Waals surface area contributed by atoms with E-state index in [2.05, 4.69) is 10.3 Å². The molecule has 1 amide bonds. The molecule has 2 N–H and O–H groups in total. The Hall–Kier alpha value is -1.70. The number of hydrogen-bond acceptors (Lipinski definition) is 5. The smallest absolute Gasteiger partial charge is 0.225 e. The summed E-state index contributed by atoms with van der Waals surface area (Å²) in [4.78, 5) is 16.3. The van der Waals surface area contributed by atoms with Gasteiger partial charge in [-0.25, -0.2) is 0 Å². The SMILES string of the molecule is Cc1ccc(CNC(=O)Cc2sc(=S)[nH]c2C)c(OC2CCOC2)c1. The summed E-state index contributed by atoms with van der Waals surface area (Å²) in [6.07, 6.45) is 1.32. The third-order valence-electron chi connectivity index (χ3n) is 4.13. The number of amides is 1. The van der Waals surface area contributed by atoms with E-state index in [-0.39, 0.29) is 12.0 Å². The molecule has 0 bridgehead atoms. The molecule has 2 aromatic rings. The van der Waals surface area contributed by atoms with Gasteiger partial charge in [0, 0.05) is 29.1 Å². The first-order chi connectivity index (χ1) is 12.0.